The zero-order valence-electron chi connectivity index (χ0n) is 16.6. The maximum atomic E-state index is 9.88. The highest BCUT2D eigenvalue weighted by atomic mass is 35.5. The van der Waals surface area contributed by atoms with Gasteiger partial charge in [-0.2, -0.15) is 10.4 Å². The van der Waals surface area contributed by atoms with Crippen molar-refractivity contribution in [3.63, 3.8) is 0 Å². The minimum absolute atomic E-state index is 0.0167. The van der Waals surface area contributed by atoms with Gasteiger partial charge in [-0.1, -0.05) is 17.7 Å². The Balaban J connectivity index is 1.99. The second-order valence-corrected chi connectivity index (χ2v) is 7.17. The van der Waals surface area contributed by atoms with Gasteiger partial charge in [-0.3, -0.25) is 0 Å². The van der Waals surface area contributed by atoms with E-state index >= 15 is 0 Å². The largest absolute Gasteiger partial charge is 0.497 e. The monoisotopic (exact) mass is 422 g/mol. The predicted octanol–water partition coefficient (Wildman–Crippen LogP) is 4.07. The molecule has 1 aliphatic rings. The number of methoxy groups -OCH3 is 2. The van der Waals surface area contributed by atoms with Crippen LogP contribution in [0.3, 0.4) is 0 Å². The maximum Gasteiger partial charge on any atom is 0.229 e. The van der Waals surface area contributed by atoms with E-state index in [2.05, 4.69) is 11.2 Å². The van der Waals surface area contributed by atoms with Crippen molar-refractivity contribution in [1.29, 1.82) is 5.26 Å². The van der Waals surface area contributed by atoms with Crippen molar-refractivity contribution < 1.29 is 14.2 Å². The van der Waals surface area contributed by atoms with Crippen LogP contribution >= 0.6 is 11.6 Å². The Hall–Kier alpha value is -3.63. The number of halogens is 1. The van der Waals surface area contributed by atoms with E-state index in [1.165, 1.54) is 0 Å². The number of ether oxygens (including phenoxy) is 3. The summed E-state index contributed by atoms with van der Waals surface area (Å²) in [6.45, 7) is 1.86. The normalized spacial score (nSPS) is 15.2. The van der Waals surface area contributed by atoms with E-state index in [1.54, 1.807) is 43.2 Å². The van der Waals surface area contributed by atoms with Crippen molar-refractivity contribution in [1.82, 2.24) is 9.78 Å². The molecule has 2 aromatic carbocycles. The van der Waals surface area contributed by atoms with Crippen LogP contribution in [0.25, 0.3) is 5.69 Å². The minimum atomic E-state index is -0.531. The molecule has 0 spiro atoms. The Morgan fingerprint density at radius 1 is 1.20 bits per heavy atom. The Morgan fingerprint density at radius 3 is 2.67 bits per heavy atom. The molecule has 7 nitrogen and oxygen atoms in total. The average Bonchev–Trinajstić information content (AvgIpc) is 3.08. The number of hydrogen-bond acceptors (Lipinski definition) is 6. The second-order valence-electron chi connectivity index (χ2n) is 6.73. The summed E-state index contributed by atoms with van der Waals surface area (Å²) in [7, 11) is 3.16. The molecule has 0 saturated carbocycles. The minimum Gasteiger partial charge on any atom is -0.497 e. The van der Waals surface area contributed by atoms with Crippen molar-refractivity contribution in [3.8, 4) is 29.1 Å². The number of nitriles is 1. The quantitative estimate of drug-likeness (QED) is 0.680. The topological polar surface area (TPSA) is 95.3 Å². The molecular formula is C22H19ClN4O3. The number of aromatic nitrogens is 2. The van der Waals surface area contributed by atoms with Gasteiger partial charge in [0.2, 0.25) is 11.8 Å². The second kappa shape index (κ2) is 7.65. The zero-order valence-corrected chi connectivity index (χ0v) is 17.4. The molecule has 1 atom stereocenters. The average molecular weight is 423 g/mol. The molecule has 2 N–H and O–H groups in total. The van der Waals surface area contributed by atoms with Gasteiger partial charge in [-0.15, -0.1) is 0 Å². The van der Waals surface area contributed by atoms with Crippen LogP contribution in [-0.2, 0) is 0 Å². The molecule has 0 aliphatic carbocycles. The molecule has 0 unspecified atom stereocenters. The van der Waals surface area contributed by atoms with Crippen LogP contribution in [0.1, 0.15) is 22.7 Å². The molecule has 0 fully saturated rings. The fourth-order valence-electron chi connectivity index (χ4n) is 3.67. The highest BCUT2D eigenvalue weighted by Gasteiger charge is 2.37. The Labute approximate surface area is 178 Å². The first-order chi connectivity index (χ1) is 14.5. The molecule has 0 amide bonds. The molecule has 0 bridgehead atoms. The van der Waals surface area contributed by atoms with Gasteiger partial charge in [0.1, 0.15) is 23.1 Å². The maximum absolute atomic E-state index is 9.88. The molecule has 152 valence electrons. The molecule has 0 radical (unpaired) electrons. The van der Waals surface area contributed by atoms with Crippen LogP contribution in [0, 0.1) is 18.3 Å². The molecule has 30 heavy (non-hydrogen) atoms. The van der Waals surface area contributed by atoms with Gasteiger partial charge in [0, 0.05) is 10.6 Å². The summed E-state index contributed by atoms with van der Waals surface area (Å²) < 4.78 is 18.5. The number of nitrogens with two attached hydrogens (primary N) is 1. The Morgan fingerprint density at radius 2 is 2.00 bits per heavy atom. The van der Waals surface area contributed by atoms with Crippen molar-refractivity contribution in [2.24, 2.45) is 5.73 Å². The van der Waals surface area contributed by atoms with Crippen molar-refractivity contribution in [3.05, 3.63) is 75.8 Å². The Kier molecular flexibility index (Phi) is 5.02. The van der Waals surface area contributed by atoms with Gasteiger partial charge in [-0.05, 0) is 43.3 Å². The summed E-state index contributed by atoms with van der Waals surface area (Å²) >= 11 is 6.17. The number of hydrogen-bond donors (Lipinski definition) is 1. The number of rotatable bonds is 4. The lowest BCUT2D eigenvalue weighted by atomic mass is 9.83. The van der Waals surface area contributed by atoms with E-state index in [0.29, 0.717) is 28.1 Å². The van der Waals surface area contributed by atoms with Crippen molar-refractivity contribution >= 4 is 11.6 Å². The smallest absolute Gasteiger partial charge is 0.229 e. The zero-order chi connectivity index (χ0) is 21.4. The van der Waals surface area contributed by atoms with Gasteiger partial charge < -0.3 is 19.9 Å². The fourth-order valence-corrected chi connectivity index (χ4v) is 3.86. The third-order valence-electron chi connectivity index (χ3n) is 5.03. The SMILES string of the molecule is COc1ccc(OC)c([C@H]2C(C#N)=C(N)Oc3c2c(C)nn3-c2cccc(Cl)c2)c1. The van der Waals surface area contributed by atoms with Gasteiger partial charge in [0.25, 0.3) is 0 Å². The van der Waals surface area contributed by atoms with E-state index in [4.69, 9.17) is 31.5 Å². The fraction of sp³-hybridized carbons (Fsp3) is 0.182. The molecule has 1 aromatic heterocycles. The summed E-state index contributed by atoms with van der Waals surface area (Å²) in [4.78, 5) is 0. The van der Waals surface area contributed by atoms with Crippen LogP contribution in [0.5, 0.6) is 17.4 Å². The lowest BCUT2D eigenvalue weighted by molar-refractivity contribution is 0.363. The number of allylic oxidation sites excluding steroid dienone is 1. The van der Waals surface area contributed by atoms with Crippen LogP contribution in [0.15, 0.2) is 53.9 Å². The van der Waals surface area contributed by atoms with Gasteiger partial charge in [0.05, 0.1) is 37.1 Å². The third-order valence-corrected chi connectivity index (χ3v) is 5.27. The summed E-state index contributed by atoms with van der Waals surface area (Å²) in [5.74, 6) is 1.15. The van der Waals surface area contributed by atoms with Crippen LogP contribution in [0.2, 0.25) is 5.02 Å². The molecule has 4 rings (SSSR count). The number of nitrogens with zero attached hydrogens (tertiary/aromatic N) is 3. The highest BCUT2D eigenvalue weighted by molar-refractivity contribution is 6.30. The van der Waals surface area contributed by atoms with Crippen molar-refractivity contribution in [2.75, 3.05) is 14.2 Å². The number of aryl methyl sites for hydroxylation is 1. The summed E-state index contributed by atoms with van der Waals surface area (Å²) in [6, 6.07) is 14.9. The molecular weight excluding hydrogens is 404 g/mol. The van der Waals surface area contributed by atoms with E-state index in [1.807, 2.05) is 25.1 Å². The van der Waals surface area contributed by atoms with E-state index in [0.717, 1.165) is 16.8 Å². The molecule has 1 aliphatic heterocycles. The van der Waals surface area contributed by atoms with Crippen LogP contribution in [-0.4, -0.2) is 24.0 Å². The van der Waals surface area contributed by atoms with Gasteiger partial charge in [0.15, 0.2) is 0 Å². The summed E-state index contributed by atoms with van der Waals surface area (Å²) in [6.07, 6.45) is 0. The van der Waals surface area contributed by atoms with E-state index in [9.17, 15) is 5.26 Å². The lowest BCUT2D eigenvalue weighted by Crippen LogP contribution is -2.22. The first kappa shape index (κ1) is 19.7. The van der Waals surface area contributed by atoms with Crippen LogP contribution < -0.4 is 19.9 Å². The van der Waals surface area contributed by atoms with Gasteiger partial charge >= 0.3 is 0 Å². The molecule has 0 saturated heterocycles. The van der Waals surface area contributed by atoms with Crippen LogP contribution in [0.4, 0.5) is 0 Å². The Bertz CT molecular complexity index is 1210. The first-order valence-electron chi connectivity index (χ1n) is 9.13. The molecule has 3 aromatic rings. The number of benzene rings is 2. The van der Waals surface area contributed by atoms with E-state index < -0.39 is 5.92 Å². The molecule has 8 heteroatoms. The number of fused-ring (bicyclic) bond motifs is 1. The summed E-state index contributed by atoms with van der Waals surface area (Å²) in [5, 5.41) is 15.1. The standard InChI is InChI=1S/C22H19ClN4O3/c1-12-19-20(16-10-15(28-2)7-8-18(16)29-3)17(11-24)21(25)30-22(19)27(26-12)14-6-4-5-13(23)9-14/h4-10,20H,25H2,1-3H3/t20-/m0/s1. The first-order valence-corrected chi connectivity index (χ1v) is 9.51. The predicted molar refractivity (Wildman–Crippen MR) is 112 cm³/mol. The lowest BCUT2D eigenvalue weighted by Gasteiger charge is -2.26. The third kappa shape index (κ3) is 3.11. The molecule has 2 heterocycles. The highest BCUT2D eigenvalue weighted by Crippen LogP contribution is 2.47. The van der Waals surface area contributed by atoms with E-state index in [-0.39, 0.29) is 11.5 Å². The van der Waals surface area contributed by atoms with Crippen molar-refractivity contribution in [2.45, 2.75) is 12.8 Å². The van der Waals surface area contributed by atoms with Gasteiger partial charge in [-0.25, -0.2) is 4.68 Å². The summed E-state index contributed by atoms with van der Waals surface area (Å²) in [5.41, 5.74) is 9.33.